The molecule has 0 amide bonds. The number of H-pyrrole nitrogens is 1. The molecule has 20 nitrogen and oxygen atoms in total. The van der Waals surface area contributed by atoms with Gasteiger partial charge < -0.3 is 40.5 Å². The molecule has 400 valence electrons. The predicted octanol–water partition coefficient (Wildman–Crippen LogP) is 12.9. The van der Waals surface area contributed by atoms with Gasteiger partial charge in [-0.15, -0.1) is 0 Å². The molecular formula is C57H43Br2ClN12O8. The highest BCUT2D eigenvalue weighted by Gasteiger charge is 2.21. The molecule has 1 saturated heterocycles. The Morgan fingerprint density at radius 1 is 0.588 bits per heavy atom. The molecule has 80 heavy (non-hydrogen) atoms. The number of halogens is 3. The van der Waals surface area contributed by atoms with E-state index in [4.69, 9.17) is 20.9 Å². The minimum absolute atomic E-state index is 0.159. The average Bonchev–Trinajstić information content (AvgIpc) is 4.23. The number of ether oxygens (including phenoxy) is 1. The minimum atomic E-state index is -1.02. The molecule has 7 N–H and O–H groups in total. The zero-order chi connectivity index (χ0) is 55.7. The van der Waals surface area contributed by atoms with Crippen molar-refractivity contribution < 1.29 is 39.0 Å². The van der Waals surface area contributed by atoms with Crippen LogP contribution in [0.5, 0.6) is 0 Å². The standard InChI is InChI=1S/C21H20ClN3O3.C18H12BrN5O2.C18H11BrN4O3/c22-15-5-6-18-17(11-15)20(24-19-4-2-1-3-16(19)21(26)27)14(12-23-18)13-25-7-9-28-10-8-25;19-10-5-6-14-12(7-10)16(13(8-20-14)17-21-9-22-24-17)23-15-4-2-1-3-11(15)18(25)26;19-10-5-6-14-12(7-10)16(13(8-20-14)17-21-9-26-23-17)22-15-4-2-1-3-11(15)18(24)25/h1-6,11-12H,7-10,13H2,(H,23,24)(H,26,27);1-9H,(H,20,23)(H,25,26)(H,21,22,24);1-9H,(H,20,22)(H,24,25). The molecule has 1 aliphatic rings. The summed E-state index contributed by atoms with van der Waals surface area (Å²) < 4.78 is 12.0. The number of nitrogens with one attached hydrogen (secondary N) is 4. The van der Waals surface area contributed by atoms with Crippen molar-refractivity contribution >= 4 is 128 Å². The van der Waals surface area contributed by atoms with Crippen LogP contribution in [0.15, 0.2) is 172 Å². The molecule has 23 heteroatoms. The van der Waals surface area contributed by atoms with Crippen LogP contribution in [0, 0.1) is 0 Å². The molecule has 12 rings (SSSR count). The van der Waals surface area contributed by atoms with E-state index in [9.17, 15) is 29.7 Å². The van der Waals surface area contributed by atoms with E-state index in [1.54, 1.807) is 79.1 Å². The van der Waals surface area contributed by atoms with Crippen LogP contribution in [-0.4, -0.2) is 105 Å². The maximum absolute atomic E-state index is 11.6. The quantitative estimate of drug-likeness (QED) is 0.0565. The number of carboxylic acid groups (broad SMARTS) is 3. The first-order chi connectivity index (χ1) is 38.9. The number of benzene rings is 6. The Hall–Kier alpha value is -9.19. The van der Waals surface area contributed by atoms with Gasteiger partial charge >= 0.3 is 17.9 Å². The van der Waals surface area contributed by atoms with Crippen molar-refractivity contribution in [2.75, 3.05) is 42.3 Å². The van der Waals surface area contributed by atoms with Gasteiger partial charge in [0.15, 0.2) is 5.82 Å². The largest absolute Gasteiger partial charge is 0.478 e. The van der Waals surface area contributed by atoms with Crippen molar-refractivity contribution in [1.29, 1.82) is 0 Å². The number of pyridine rings is 3. The SMILES string of the molecule is O=C(O)c1ccccc1Nc1c(-c2ncn[nH]2)cnc2ccc(Br)cc12.O=C(O)c1ccccc1Nc1c(-c2ncon2)cnc2ccc(Br)cc12.O=C(O)c1ccccc1Nc1c(CN2CCOCC2)cnc2ccc(Cl)cc12. The summed E-state index contributed by atoms with van der Waals surface area (Å²) in [6.07, 6.45) is 7.80. The topological polar surface area (TPSA) is 280 Å². The van der Waals surface area contributed by atoms with E-state index < -0.39 is 17.9 Å². The first-order valence-electron chi connectivity index (χ1n) is 24.3. The first-order valence-corrected chi connectivity index (χ1v) is 26.3. The van der Waals surface area contributed by atoms with E-state index in [-0.39, 0.29) is 16.7 Å². The number of aromatic amines is 1. The number of hydrogen-bond acceptors (Lipinski definition) is 16. The number of rotatable bonds is 13. The van der Waals surface area contributed by atoms with Crippen molar-refractivity contribution in [3.8, 4) is 22.8 Å². The number of hydrogen-bond donors (Lipinski definition) is 7. The Bertz CT molecular complexity index is 3900. The Labute approximate surface area is 476 Å². The lowest BCUT2D eigenvalue weighted by atomic mass is 10.1. The summed E-state index contributed by atoms with van der Waals surface area (Å²) in [5.74, 6) is -2.11. The van der Waals surface area contributed by atoms with E-state index in [0.717, 1.165) is 66.0 Å². The zero-order valence-corrected chi connectivity index (χ0v) is 45.6. The molecule has 0 aliphatic carbocycles. The highest BCUT2D eigenvalue weighted by Crippen LogP contribution is 2.39. The zero-order valence-electron chi connectivity index (χ0n) is 41.6. The molecule has 11 aromatic rings. The third-order valence-electron chi connectivity index (χ3n) is 12.6. The highest BCUT2D eigenvalue weighted by molar-refractivity contribution is 9.10. The second-order valence-electron chi connectivity index (χ2n) is 17.6. The van der Waals surface area contributed by atoms with Crippen molar-refractivity contribution in [3.05, 3.63) is 195 Å². The molecule has 1 aliphatic heterocycles. The molecule has 0 bridgehead atoms. The van der Waals surface area contributed by atoms with E-state index in [1.165, 1.54) is 18.8 Å². The van der Waals surface area contributed by atoms with Gasteiger partial charge in [-0.25, -0.2) is 19.4 Å². The lowest BCUT2D eigenvalue weighted by Gasteiger charge is -2.27. The van der Waals surface area contributed by atoms with Gasteiger partial charge in [-0.05, 0) is 91.0 Å². The fraction of sp³-hybridized carbons (Fsp3) is 0.0877. The van der Waals surface area contributed by atoms with Crippen LogP contribution < -0.4 is 16.0 Å². The average molecular weight is 1220 g/mol. The number of carboxylic acids is 3. The second kappa shape index (κ2) is 24.6. The Morgan fingerprint density at radius 3 is 1.59 bits per heavy atom. The monoisotopic (exact) mass is 1220 g/mol. The van der Waals surface area contributed by atoms with Crippen molar-refractivity contribution in [1.82, 2.24) is 45.2 Å². The van der Waals surface area contributed by atoms with E-state index in [1.807, 2.05) is 60.8 Å². The molecule has 6 aromatic carbocycles. The molecule has 6 heterocycles. The Balaban J connectivity index is 0.000000135. The Kier molecular flexibility index (Phi) is 16.7. The van der Waals surface area contributed by atoms with E-state index in [0.29, 0.717) is 76.0 Å². The summed E-state index contributed by atoms with van der Waals surface area (Å²) in [7, 11) is 0. The molecule has 0 spiro atoms. The molecule has 0 atom stereocenters. The van der Waals surface area contributed by atoms with Crippen molar-refractivity contribution in [2.24, 2.45) is 0 Å². The van der Waals surface area contributed by atoms with Gasteiger partial charge in [0.05, 0.1) is 91.7 Å². The van der Waals surface area contributed by atoms with Gasteiger partial charge in [0.2, 0.25) is 12.2 Å². The number of morpholine rings is 1. The number of aromatic carboxylic acids is 3. The molecule has 5 aromatic heterocycles. The fourth-order valence-electron chi connectivity index (χ4n) is 8.79. The van der Waals surface area contributed by atoms with Gasteiger partial charge in [-0.3, -0.25) is 25.0 Å². The predicted molar refractivity (Wildman–Crippen MR) is 310 cm³/mol. The van der Waals surface area contributed by atoms with E-state index in [2.05, 4.69) is 93.0 Å². The fourth-order valence-corrected chi connectivity index (χ4v) is 9.68. The second-order valence-corrected chi connectivity index (χ2v) is 19.9. The van der Waals surface area contributed by atoms with Crippen LogP contribution in [0.3, 0.4) is 0 Å². The van der Waals surface area contributed by atoms with Crippen LogP contribution in [0.4, 0.5) is 34.1 Å². The molecular weight excluding hydrogens is 1180 g/mol. The molecule has 0 saturated carbocycles. The Morgan fingerprint density at radius 2 is 1.07 bits per heavy atom. The summed E-state index contributed by atoms with van der Waals surface area (Å²) in [4.78, 5) is 58.8. The number of para-hydroxylation sites is 3. The summed E-state index contributed by atoms with van der Waals surface area (Å²) in [6, 6.07) is 37.2. The van der Waals surface area contributed by atoms with Crippen molar-refractivity contribution in [2.45, 2.75) is 6.54 Å². The van der Waals surface area contributed by atoms with Gasteiger partial charge in [-0.2, -0.15) is 10.1 Å². The lowest BCUT2D eigenvalue weighted by molar-refractivity contribution is 0.0342. The maximum atomic E-state index is 11.6. The lowest BCUT2D eigenvalue weighted by Crippen LogP contribution is -2.35. The smallest absolute Gasteiger partial charge is 0.337 e. The number of nitrogens with zero attached hydrogens (tertiary/aromatic N) is 8. The molecule has 1 fully saturated rings. The number of carbonyl (C=O) groups is 3. The summed E-state index contributed by atoms with van der Waals surface area (Å²) in [5.41, 5.74) is 8.77. The number of aromatic nitrogens is 8. The van der Waals surface area contributed by atoms with Crippen LogP contribution in [0.1, 0.15) is 36.6 Å². The third kappa shape index (κ3) is 12.4. The normalized spacial score (nSPS) is 12.2. The van der Waals surface area contributed by atoms with E-state index >= 15 is 0 Å². The van der Waals surface area contributed by atoms with Crippen LogP contribution in [0.2, 0.25) is 5.02 Å². The number of anilines is 6. The van der Waals surface area contributed by atoms with Gasteiger partial charge in [0.1, 0.15) is 6.33 Å². The van der Waals surface area contributed by atoms with Gasteiger partial charge in [0.25, 0.3) is 0 Å². The summed E-state index contributed by atoms with van der Waals surface area (Å²) in [6.45, 7) is 3.79. The minimum Gasteiger partial charge on any atom is -0.478 e. The molecule has 0 radical (unpaired) electrons. The van der Waals surface area contributed by atoms with Crippen LogP contribution in [-0.2, 0) is 11.3 Å². The van der Waals surface area contributed by atoms with Gasteiger partial charge in [0, 0.05) is 73.9 Å². The maximum Gasteiger partial charge on any atom is 0.337 e. The van der Waals surface area contributed by atoms with Crippen molar-refractivity contribution in [3.63, 3.8) is 0 Å². The van der Waals surface area contributed by atoms with Crippen LogP contribution >= 0.6 is 43.5 Å². The van der Waals surface area contributed by atoms with Crippen LogP contribution in [0.25, 0.3) is 55.5 Å². The first kappa shape index (κ1) is 54.2. The number of fused-ring (bicyclic) bond motifs is 3. The summed E-state index contributed by atoms with van der Waals surface area (Å²) >= 11 is 13.2. The third-order valence-corrected chi connectivity index (χ3v) is 13.8. The summed E-state index contributed by atoms with van der Waals surface area (Å²) in [5, 5.41) is 52.0. The highest BCUT2D eigenvalue weighted by atomic mass is 79.9. The van der Waals surface area contributed by atoms with Gasteiger partial charge in [-0.1, -0.05) is 85.0 Å². The molecule has 0 unspecified atom stereocenters.